The molecule has 1 unspecified atom stereocenters. The van der Waals surface area contributed by atoms with Crippen molar-refractivity contribution in [2.45, 2.75) is 23.8 Å². The van der Waals surface area contributed by atoms with Crippen LogP contribution in [0.3, 0.4) is 0 Å². The van der Waals surface area contributed by atoms with Gasteiger partial charge in [0.05, 0.1) is 25.7 Å². The quantitative estimate of drug-likeness (QED) is 0.760. The summed E-state index contributed by atoms with van der Waals surface area (Å²) in [7, 11) is -4.31. The fraction of sp³-hybridized carbons (Fsp3) is 0.538. The monoisotopic (exact) mass is 427 g/mol. The maximum Gasteiger partial charge on any atom is 0.242 e. The fourth-order valence-electron chi connectivity index (χ4n) is 2.51. The molecule has 1 saturated heterocycles. The SMILES string of the molecule is COc1cc(Br)c(S(=O)(=O)NC2(C)CCS(=O)(=O)C2)cc1OC. The summed E-state index contributed by atoms with van der Waals surface area (Å²) in [5.74, 6) is 0.400. The topological polar surface area (TPSA) is 98.8 Å². The molecule has 1 aromatic rings. The molecule has 2 rings (SSSR count). The maximum atomic E-state index is 12.7. The molecule has 23 heavy (non-hydrogen) atoms. The van der Waals surface area contributed by atoms with Crippen LogP contribution in [0.25, 0.3) is 0 Å². The summed E-state index contributed by atoms with van der Waals surface area (Å²) < 4.78 is 61.6. The van der Waals surface area contributed by atoms with Gasteiger partial charge in [-0.15, -0.1) is 0 Å². The Labute approximate surface area is 144 Å². The highest BCUT2D eigenvalue weighted by Crippen LogP contribution is 2.36. The van der Waals surface area contributed by atoms with Gasteiger partial charge in [-0.2, -0.15) is 0 Å². The van der Waals surface area contributed by atoms with Gasteiger partial charge >= 0.3 is 0 Å². The molecular weight excluding hydrogens is 410 g/mol. The standard InChI is InChI=1S/C13H18BrNO6S2/c1-13(4-5-22(16,17)8-13)15-23(18,19)12-7-11(21-3)10(20-2)6-9(12)14/h6-7,15H,4-5,8H2,1-3H3. The van der Waals surface area contributed by atoms with E-state index < -0.39 is 25.4 Å². The number of hydrogen-bond donors (Lipinski definition) is 1. The lowest BCUT2D eigenvalue weighted by atomic mass is 10.0. The van der Waals surface area contributed by atoms with Crippen molar-refractivity contribution < 1.29 is 26.3 Å². The molecule has 0 amide bonds. The summed E-state index contributed by atoms with van der Waals surface area (Å²) >= 11 is 3.20. The molecule has 0 aromatic heterocycles. The minimum absolute atomic E-state index is 0.0286. The fourth-order valence-corrected chi connectivity index (χ4v) is 7.17. The van der Waals surface area contributed by atoms with Crippen molar-refractivity contribution >= 4 is 35.8 Å². The Hall–Kier alpha value is -0.840. The van der Waals surface area contributed by atoms with Crippen molar-refractivity contribution in [3.63, 3.8) is 0 Å². The molecule has 1 fully saturated rings. The molecule has 7 nitrogen and oxygen atoms in total. The van der Waals surface area contributed by atoms with Crippen LogP contribution < -0.4 is 14.2 Å². The third-order valence-electron chi connectivity index (χ3n) is 3.61. The zero-order valence-electron chi connectivity index (χ0n) is 12.9. The largest absolute Gasteiger partial charge is 0.493 e. The third kappa shape index (κ3) is 3.98. The third-order valence-corrected chi connectivity index (χ3v) is 8.11. The number of benzene rings is 1. The molecule has 1 aliphatic rings. The minimum Gasteiger partial charge on any atom is -0.493 e. The van der Waals surface area contributed by atoms with Gasteiger partial charge in [0.25, 0.3) is 0 Å². The first-order valence-corrected chi connectivity index (χ1v) is 10.8. The summed E-state index contributed by atoms with van der Waals surface area (Å²) in [6.07, 6.45) is 0.236. The number of hydrogen-bond acceptors (Lipinski definition) is 6. The number of sulfone groups is 1. The van der Waals surface area contributed by atoms with E-state index >= 15 is 0 Å². The maximum absolute atomic E-state index is 12.7. The molecule has 10 heteroatoms. The van der Waals surface area contributed by atoms with Crippen molar-refractivity contribution in [3.8, 4) is 11.5 Å². The van der Waals surface area contributed by atoms with Crippen molar-refractivity contribution in [1.82, 2.24) is 4.72 Å². The van der Waals surface area contributed by atoms with E-state index in [9.17, 15) is 16.8 Å². The number of methoxy groups -OCH3 is 2. The summed E-state index contributed by atoms with van der Waals surface area (Å²) in [5.41, 5.74) is -1.02. The first-order chi connectivity index (χ1) is 10.5. The molecule has 0 saturated carbocycles. The van der Waals surface area contributed by atoms with Gasteiger partial charge < -0.3 is 9.47 Å². The van der Waals surface area contributed by atoms with Crippen LogP contribution in [-0.4, -0.2) is 48.1 Å². The van der Waals surface area contributed by atoms with Gasteiger partial charge in [-0.05, 0) is 35.3 Å². The van der Waals surface area contributed by atoms with Gasteiger partial charge in [-0.25, -0.2) is 21.6 Å². The van der Waals surface area contributed by atoms with Crippen LogP contribution in [0.15, 0.2) is 21.5 Å². The Morgan fingerprint density at radius 1 is 1.22 bits per heavy atom. The summed E-state index contributed by atoms with van der Waals surface area (Å²) in [5, 5.41) is 0. The molecule has 1 heterocycles. The minimum atomic E-state index is -3.94. The lowest BCUT2D eigenvalue weighted by molar-refractivity contribution is 0.353. The first-order valence-electron chi connectivity index (χ1n) is 6.68. The lowest BCUT2D eigenvalue weighted by Crippen LogP contribution is -2.46. The van der Waals surface area contributed by atoms with Crippen LogP contribution >= 0.6 is 15.9 Å². The number of rotatable bonds is 5. The number of sulfonamides is 1. The van der Waals surface area contributed by atoms with Crippen LogP contribution in [0.1, 0.15) is 13.3 Å². The van der Waals surface area contributed by atoms with Crippen LogP contribution in [-0.2, 0) is 19.9 Å². The van der Waals surface area contributed by atoms with E-state index in [1.165, 1.54) is 26.4 Å². The number of ether oxygens (including phenoxy) is 2. The Balaban J connectivity index is 2.41. The van der Waals surface area contributed by atoms with Gasteiger partial charge in [0, 0.05) is 16.1 Å². The second-order valence-corrected chi connectivity index (χ2v) is 10.3. The second-order valence-electron chi connectivity index (χ2n) is 5.65. The van der Waals surface area contributed by atoms with Crippen molar-refractivity contribution in [2.75, 3.05) is 25.7 Å². The van der Waals surface area contributed by atoms with E-state index in [4.69, 9.17) is 9.47 Å². The highest BCUT2D eigenvalue weighted by atomic mass is 79.9. The molecule has 1 aromatic carbocycles. The molecular formula is C13H18BrNO6S2. The van der Waals surface area contributed by atoms with Crippen molar-refractivity contribution in [1.29, 1.82) is 0 Å². The van der Waals surface area contributed by atoms with Gasteiger partial charge in [0.2, 0.25) is 10.0 Å². The highest BCUT2D eigenvalue weighted by molar-refractivity contribution is 9.10. The van der Waals surface area contributed by atoms with Gasteiger partial charge in [0.15, 0.2) is 21.3 Å². The zero-order chi connectivity index (χ0) is 17.5. The highest BCUT2D eigenvalue weighted by Gasteiger charge is 2.41. The van der Waals surface area contributed by atoms with Gasteiger partial charge in [-0.1, -0.05) is 0 Å². The van der Waals surface area contributed by atoms with E-state index in [1.54, 1.807) is 6.92 Å². The van der Waals surface area contributed by atoms with E-state index in [0.717, 1.165) is 0 Å². The van der Waals surface area contributed by atoms with E-state index in [0.29, 0.717) is 10.2 Å². The summed E-state index contributed by atoms with van der Waals surface area (Å²) in [6, 6.07) is 2.82. The Bertz CT molecular complexity index is 821. The predicted octanol–water partition coefficient (Wildman–Crippen LogP) is 1.32. The number of halogens is 1. The average molecular weight is 428 g/mol. The van der Waals surface area contributed by atoms with E-state index in [-0.39, 0.29) is 28.6 Å². The van der Waals surface area contributed by atoms with Crippen LogP contribution in [0, 0.1) is 0 Å². The molecule has 0 bridgehead atoms. The summed E-state index contributed by atoms with van der Waals surface area (Å²) in [6.45, 7) is 1.59. The molecule has 1 aliphatic heterocycles. The zero-order valence-corrected chi connectivity index (χ0v) is 16.1. The smallest absolute Gasteiger partial charge is 0.242 e. The molecule has 0 spiro atoms. The van der Waals surface area contributed by atoms with Crippen LogP contribution in [0.2, 0.25) is 0 Å². The molecule has 0 aliphatic carbocycles. The molecule has 1 N–H and O–H groups in total. The Morgan fingerprint density at radius 3 is 2.26 bits per heavy atom. The van der Waals surface area contributed by atoms with Gasteiger partial charge in [0.1, 0.15) is 4.90 Å². The lowest BCUT2D eigenvalue weighted by Gasteiger charge is -2.24. The molecule has 0 radical (unpaired) electrons. The van der Waals surface area contributed by atoms with Crippen molar-refractivity contribution in [3.05, 3.63) is 16.6 Å². The Kier molecular flexibility index (Phi) is 5.01. The first kappa shape index (κ1) is 18.5. The predicted molar refractivity (Wildman–Crippen MR) is 89.2 cm³/mol. The number of nitrogens with one attached hydrogen (secondary N) is 1. The van der Waals surface area contributed by atoms with E-state index in [2.05, 4.69) is 20.7 Å². The van der Waals surface area contributed by atoms with E-state index in [1.807, 2.05) is 0 Å². The van der Waals surface area contributed by atoms with Crippen LogP contribution in [0.5, 0.6) is 11.5 Å². The van der Waals surface area contributed by atoms with Crippen molar-refractivity contribution in [2.24, 2.45) is 0 Å². The molecule has 130 valence electrons. The average Bonchev–Trinajstić information content (AvgIpc) is 2.70. The normalized spacial score (nSPS) is 23.7. The van der Waals surface area contributed by atoms with Gasteiger partial charge in [-0.3, -0.25) is 0 Å². The molecule has 1 atom stereocenters. The van der Waals surface area contributed by atoms with Crippen LogP contribution in [0.4, 0.5) is 0 Å². The summed E-state index contributed by atoms with van der Waals surface area (Å²) in [4.78, 5) is -0.0410. The second kappa shape index (κ2) is 6.23. The Morgan fingerprint density at radius 2 is 1.78 bits per heavy atom.